The van der Waals surface area contributed by atoms with E-state index >= 15 is 0 Å². The maximum Gasteiger partial charge on any atom is 0.573 e. The Balaban J connectivity index is 1.21. The quantitative estimate of drug-likeness (QED) is 0.229. The van der Waals surface area contributed by atoms with Crippen molar-refractivity contribution in [1.82, 2.24) is 20.1 Å². The van der Waals surface area contributed by atoms with Crippen molar-refractivity contribution in [3.63, 3.8) is 0 Å². The Bertz CT molecular complexity index is 1690. The lowest BCUT2D eigenvalue weighted by atomic mass is 10.0. The van der Waals surface area contributed by atoms with Crippen LogP contribution in [0.2, 0.25) is 0 Å². The van der Waals surface area contributed by atoms with Gasteiger partial charge in [0.05, 0.1) is 17.1 Å². The number of alkyl halides is 3. The Kier molecular flexibility index (Phi) is 9.33. The monoisotopic (exact) mass is 622 g/mol. The van der Waals surface area contributed by atoms with Crippen molar-refractivity contribution in [1.29, 1.82) is 0 Å². The summed E-state index contributed by atoms with van der Waals surface area (Å²) < 4.78 is 42.6. The van der Waals surface area contributed by atoms with Crippen LogP contribution in [0.5, 0.6) is 5.75 Å². The summed E-state index contributed by atoms with van der Waals surface area (Å²) in [7, 11) is 0. The van der Waals surface area contributed by atoms with Crippen molar-refractivity contribution in [2.24, 2.45) is 4.99 Å². The van der Waals surface area contributed by atoms with Gasteiger partial charge in [-0.3, -0.25) is 9.69 Å². The van der Waals surface area contributed by atoms with Gasteiger partial charge in [0.2, 0.25) is 5.91 Å². The van der Waals surface area contributed by atoms with Crippen LogP contribution in [-0.4, -0.2) is 50.5 Å². The molecule has 0 aliphatic carbocycles. The fraction of sp³-hybridized carbons (Fsp3) is 0.258. The minimum absolute atomic E-state index is 0.107. The van der Waals surface area contributed by atoms with Crippen LogP contribution < -0.4 is 15.0 Å². The van der Waals surface area contributed by atoms with Gasteiger partial charge in [0.15, 0.2) is 11.0 Å². The molecule has 0 bridgehead atoms. The molecule has 1 aliphatic heterocycles. The lowest BCUT2D eigenvalue weighted by Crippen LogP contribution is -2.32. The summed E-state index contributed by atoms with van der Waals surface area (Å²) in [6.45, 7) is 4.36. The highest BCUT2D eigenvalue weighted by molar-refractivity contribution is 8.15. The van der Waals surface area contributed by atoms with Gasteiger partial charge >= 0.3 is 12.4 Å². The molecule has 1 fully saturated rings. The second-order valence-electron chi connectivity index (χ2n) is 10.0. The van der Waals surface area contributed by atoms with Crippen LogP contribution in [0.3, 0.4) is 0 Å². The van der Waals surface area contributed by atoms with E-state index in [1.54, 1.807) is 4.90 Å². The molecule has 0 radical (unpaired) electrons. The Hall–Kier alpha value is -4.65. The highest BCUT2D eigenvalue weighted by atomic mass is 32.2. The van der Waals surface area contributed by atoms with Gasteiger partial charge in [0.1, 0.15) is 12.1 Å². The lowest BCUT2D eigenvalue weighted by Gasteiger charge is -2.20. The molecule has 9 nitrogen and oxygen atoms in total. The van der Waals surface area contributed by atoms with Crippen LogP contribution in [0, 0.1) is 6.92 Å². The van der Waals surface area contributed by atoms with E-state index in [1.165, 1.54) is 47.0 Å². The van der Waals surface area contributed by atoms with E-state index in [4.69, 9.17) is 0 Å². The molecule has 44 heavy (non-hydrogen) atoms. The molecule has 3 aromatic carbocycles. The number of urea groups is 1. The normalized spacial score (nSPS) is 14.3. The van der Waals surface area contributed by atoms with Crippen molar-refractivity contribution >= 4 is 34.6 Å². The predicted molar refractivity (Wildman–Crippen MR) is 163 cm³/mol. The first kappa shape index (κ1) is 30.8. The molecular formula is C31H29F3N6O3S. The molecule has 1 N–H and O–H groups in total. The number of carbonyl (C=O) groups excluding carboxylic acids is 2. The van der Waals surface area contributed by atoms with E-state index in [0.717, 1.165) is 40.8 Å². The van der Waals surface area contributed by atoms with E-state index in [1.807, 2.05) is 49.4 Å². The number of hydrogen-bond donors (Lipinski definition) is 1. The third-order valence-corrected chi connectivity index (χ3v) is 7.59. The summed E-state index contributed by atoms with van der Waals surface area (Å²) in [4.78, 5) is 35.6. The summed E-state index contributed by atoms with van der Waals surface area (Å²) in [5.41, 5.74) is 5.01. The molecule has 4 aromatic rings. The van der Waals surface area contributed by atoms with Crippen LogP contribution in [0.15, 0.2) is 78.0 Å². The maximum absolute atomic E-state index is 12.8. The minimum atomic E-state index is -4.76. The van der Waals surface area contributed by atoms with Crippen molar-refractivity contribution in [2.45, 2.75) is 39.5 Å². The Labute approximate surface area is 256 Å². The fourth-order valence-corrected chi connectivity index (χ4v) is 5.53. The number of hydrogen-bond acceptors (Lipinski definition) is 6. The molecule has 5 rings (SSSR count). The SMILES string of the molecule is CCCc1ccc(C)cc1N1C(=O)CSC1=NC(=O)NCCc1cccc(-c2ncn(-c3ccc(OC(F)(F)F)cc3)n2)c1. The Morgan fingerprint density at radius 2 is 1.89 bits per heavy atom. The number of amides is 3. The third kappa shape index (κ3) is 7.64. The number of aliphatic imine (C=N–C) groups is 1. The number of aromatic nitrogens is 3. The van der Waals surface area contributed by atoms with Gasteiger partial charge in [0.25, 0.3) is 0 Å². The van der Waals surface area contributed by atoms with Crippen LogP contribution >= 0.6 is 11.8 Å². The van der Waals surface area contributed by atoms with Gasteiger partial charge in [-0.25, -0.2) is 14.5 Å². The van der Waals surface area contributed by atoms with Crippen molar-refractivity contribution < 1.29 is 27.5 Å². The summed E-state index contributed by atoms with van der Waals surface area (Å²) in [6.07, 6.45) is -1.04. The number of halogens is 3. The summed E-state index contributed by atoms with van der Waals surface area (Å²) >= 11 is 1.25. The summed E-state index contributed by atoms with van der Waals surface area (Å²) in [5.74, 6) is 0.220. The number of amidine groups is 1. The first-order valence-electron chi connectivity index (χ1n) is 13.9. The van der Waals surface area contributed by atoms with E-state index in [0.29, 0.717) is 29.6 Å². The van der Waals surface area contributed by atoms with Gasteiger partial charge in [-0.15, -0.1) is 18.3 Å². The van der Waals surface area contributed by atoms with Gasteiger partial charge in [0, 0.05) is 12.1 Å². The van der Waals surface area contributed by atoms with Crippen molar-refractivity contribution in [2.75, 3.05) is 17.2 Å². The standard InChI is InChI=1S/C31H29F3N6O3S/c1-3-5-22-9-8-20(2)16-26(22)40-27(41)18-44-30(40)37-29(42)35-15-14-21-6-4-7-23(17-21)28-36-19-39(38-28)24-10-12-25(13-11-24)43-31(32,33)34/h4,6-13,16-17,19H,3,5,14-15,18H2,1-2H3,(H,35,42). The number of rotatable bonds is 9. The zero-order chi connectivity index (χ0) is 31.3. The molecule has 1 aliphatic rings. The second-order valence-corrected chi connectivity index (χ2v) is 11.0. The summed E-state index contributed by atoms with van der Waals surface area (Å²) in [5, 5.41) is 7.61. The van der Waals surface area contributed by atoms with Crippen LogP contribution in [-0.2, 0) is 17.6 Å². The maximum atomic E-state index is 12.8. The third-order valence-electron chi connectivity index (χ3n) is 6.67. The van der Waals surface area contributed by atoms with E-state index in [-0.39, 0.29) is 17.4 Å². The largest absolute Gasteiger partial charge is 0.573 e. The number of aryl methyl sites for hydroxylation is 2. The molecule has 228 valence electrons. The molecule has 0 unspecified atom stereocenters. The van der Waals surface area contributed by atoms with Crippen LogP contribution in [0.4, 0.5) is 23.7 Å². The second kappa shape index (κ2) is 13.3. The van der Waals surface area contributed by atoms with Gasteiger partial charge in [-0.2, -0.15) is 4.99 Å². The molecule has 0 spiro atoms. The number of anilines is 1. The molecule has 2 heterocycles. The van der Waals surface area contributed by atoms with E-state index < -0.39 is 12.4 Å². The minimum Gasteiger partial charge on any atom is -0.406 e. The molecule has 3 amide bonds. The number of carbonyl (C=O) groups is 2. The molecular weight excluding hydrogens is 593 g/mol. The highest BCUT2D eigenvalue weighted by Gasteiger charge is 2.32. The molecule has 1 aromatic heterocycles. The zero-order valence-corrected chi connectivity index (χ0v) is 24.8. The number of ether oxygens (including phenoxy) is 1. The van der Waals surface area contributed by atoms with E-state index in [9.17, 15) is 22.8 Å². The molecule has 13 heteroatoms. The van der Waals surface area contributed by atoms with Gasteiger partial charge in [-0.05, 0) is 72.9 Å². The van der Waals surface area contributed by atoms with Crippen LogP contribution in [0.25, 0.3) is 17.1 Å². The van der Waals surface area contributed by atoms with E-state index in [2.05, 4.69) is 32.1 Å². The predicted octanol–water partition coefficient (Wildman–Crippen LogP) is 6.48. The van der Waals surface area contributed by atoms with Gasteiger partial charge < -0.3 is 10.1 Å². The number of benzene rings is 3. The van der Waals surface area contributed by atoms with Crippen molar-refractivity contribution in [3.05, 3.63) is 89.7 Å². The lowest BCUT2D eigenvalue weighted by molar-refractivity contribution is -0.274. The van der Waals surface area contributed by atoms with Crippen LogP contribution in [0.1, 0.15) is 30.0 Å². The first-order valence-corrected chi connectivity index (χ1v) is 14.9. The molecule has 0 saturated carbocycles. The fourth-order valence-electron chi connectivity index (χ4n) is 4.67. The number of thioether (sulfide) groups is 1. The Morgan fingerprint density at radius 1 is 1.09 bits per heavy atom. The number of nitrogens with zero attached hydrogens (tertiary/aromatic N) is 5. The number of nitrogens with one attached hydrogen (secondary N) is 1. The summed E-state index contributed by atoms with van der Waals surface area (Å²) in [6, 6.07) is 18.3. The average Bonchev–Trinajstić information content (AvgIpc) is 3.61. The topological polar surface area (TPSA) is 102 Å². The van der Waals surface area contributed by atoms with Crippen molar-refractivity contribution in [3.8, 4) is 22.8 Å². The molecule has 0 atom stereocenters. The smallest absolute Gasteiger partial charge is 0.406 e. The van der Waals surface area contributed by atoms with Gasteiger partial charge in [-0.1, -0.05) is 55.4 Å². The Morgan fingerprint density at radius 3 is 2.64 bits per heavy atom. The zero-order valence-electron chi connectivity index (χ0n) is 24.0. The average molecular weight is 623 g/mol. The first-order chi connectivity index (χ1) is 21.1. The highest BCUT2D eigenvalue weighted by Crippen LogP contribution is 2.31. The molecule has 1 saturated heterocycles.